The lowest BCUT2D eigenvalue weighted by molar-refractivity contribution is 0.0724. The van der Waals surface area contributed by atoms with E-state index in [0.29, 0.717) is 0 Å². The van der Waals surface area contributed by atoms with Crippen LogP contribution < -0.4 is 0 Å². The van der Waals surface area contributed by atoms with Crippen molar-refractivity contribution in [3.05, 3.63) is 41.0 Å². The van der Waals surface area contributed by atoms with Crippen LogP contribution in [0.15, 0.2) is 24.3 Å². The number of piperidine rings is 1. The molecule has 1 amide bonds. The van der Waals surface area contributed by atoms with Crippen molar-refractivity contribution in [3.63, 3.8) is 0 Å². The van der Waals surface area contributed by atoms with Gasteiger partial charge in [-0.25, -0.2) is 0 Å². The van der Waals surface area contributed by atoms with Crippen molar-refractivity contribution in [2.45, 2.75) is 25.7 Å². The average molecular weight is 227 g/mol. The quantitative estimate of drug-likeness (QED) is 0.722. The third kappa shape index (κ3) is 1.99. The van der Waals surface area contributed by atoms with Crippen LogP contribution in [-0.4, -0.2) is 23.9 Å². The van der Waals surface area contributed by atoms with Crippen molar-refractivity contribution in [2.24, 2.45) is 0 Å². The molecule has 0 aromatic heterocycles. The number of rotatable bonds is 1. The predicted octanol–water partition coefficient (Wildman–Crippen LogP) is 2.88. The van der Waals surface area contributed by atoms with Crippen molar-refractivity contribution in [3.8, 4) is 0 Å². The number of nitrogens with zero attached hydrogens (tertiary/aromatic N) is 1. The van der Waals surface area contributed by atoms with Crippen LogP contribution in [0.2, 0.25) is 0 Å². The minimum Gasteiger partial charge on any atom is -0.339 e. The van der Waals surface area contributed by atoms with Crippen LogP contribution in [0, 0.1) is 0 Å². The normalized spacial score (nSPS) is 18.2. The highest BCUT2D eigenvalue weighted by Crippen LogP contribution is 2.22. The average Bonchev–Trinajstić information content (AvgIpc) is 2.86. The summed E-state index contributed by atoms with van der Waals surface area (Å²) in [5.41, 5.74) is 3.39. The van der Waals surface area contributed by atoms with Crippen molar-refractivity contribution >= 4 is 12.0 Å². The van der Waals surface area contributed by atoms with Crippen molar-refractivity contribution in [1.82, 2.24) is 4.90 Å². The monoisotopic (exact) mass is 227 g/mol. The molecule has 1 aromatic rings. The third-order valence-electron chi connectivity index (χ3n) is 3.67. The van der Waals surface area contributed by atoms with Gasteiger partial charge in [-0.05, 0) is 48.9 Å². The molecule has 0 radical (unpaired) electrons. The first-order valence-electron chi connectivity index (χ1n) is 6.43. The lowest BCUT2D eigenvalue weighted by atomic mass is 10.0. The van der Waals surface area contributed by atoms with Crippen LogP contribution in [0.1, 0.15) is 40.7 Å². The number of benzene rings is 1. The van der Waals surface area contributed by atoms with Crippen molar-refractivity contribution in [2.75, 3.05) is 13.1 Å². The topological polar surface area (TPSA) is 20.3 Å². The molecule has 0 atom stereocenters. The second kappa shape index (κ2) is 4.36. The molecule has 3 rings (SSSR count). The SMILES string of the molecule is O=C(c1ccc2c(c1)C=CC2)N1CCCCC1. The highest BCUT2D eigenvalue weighted by Gasteiger charge is 2.19. The standard InChI is InChI=1S/C15H17NO/c17-15(16-9-2-1-3-10-16)14-8-7-12-5-4-6-13(12)11-14/h4,6-8,11H,1-3,5,9-10H2. The first-order valence-corrected chi connectivity index (χ1v) is 6.43. The summed E-state index contributed by atoms with van der Waals surface area (Å²) >= 11 is 0. The molecule has 0 unspecified atom stereocenters. The molecule has 0 spiro atoms. The van der Waals surface area contributed by atoms with Crippen LogP contribution in [0.25, 0.3) is 6.08 Å². The summed E-state index contributed by atoms with van der Waals surface area (Å²) in [5.74, 6) is 0.202. The molecule has 1 fully saturated rings. The van der Waals surface area contributed by atoms with Gasteiger partial charge >= 0.3 is 0 Å². The zero-order valence-corrected chi connectivity index (χ0v) is 9.98. The van der Waals surface area contributed by atoms with E-state index >= 15 is 0 Å². The summed E-state index contributed by atoms with van der Waals surface area (Å²) in [4.78, 5) is 14.3. The third-order valence-corrected chi connectivity index (χ3v) is 3.67. The van der Waals surface area contributed by atoms with Gasteiger partial charge in [0.05, 0.1) is 0 Å². The van der Waals surface area contributed by atoms with E-state index in [1.54, 1.807) is 0 Å². The lowest BCUT2D eigenvalue weighted by Crippen LogP contribution is -2.35. The number of hydrogen-bond acceptors (Lipinski definition) is 1. The van der Waals surface area contributed by atoms with E-state index in [1.807, 2.05) is 17.0 Å². The van der Waals surface area contributed by atoms with Crippen LogP contribution in [0.3, 0.4) is 0 Å². The molecule has 0 bridgehead atoms. The zero-order valence-electron chi connectivity index (χ0n) is 9.98. The summed E-state index contributed by atoms with van der Waals surface area (Å²) in [7, 11) is 0. The Morgan fingerprint density at radius 2 is 1.94 bits per heavy atom. The van der Waals surface area contributed by atoms with Gasteiger partial charge in [-0.3, -0.25) is 4.79 Å². The molecular formula is C15H17NO. The molecule has 2 heteroatoms. The molecule has 17 heavy (non-hydrogen) atoms. The smallest absolute Gasteiger partial charge is 0.253 e. The minimum absolute atomic E-state index is 0.202. The van der Waals surface area contributed by atoms with E-state index in [-0.39, 0.29) is 5.91 Å². The van der Waals surface area contributed by atoms with E-state index in [0.717, 1.165) is 37.9 Å². The Morgan fingerprint density at radius 1 is 1.12 bits per heavy atom. The predicted molar refractivity (Wildman–Crippen MR) is 68.9 cm³/mol. The molecule has 1 heterocycles. The molecule has 0 saturated carbocycles. The van der Waals surface area contributed by atoms with Gasteiger partial charge in [0.1, 0.15) is 0 Å². The Bertz CT molecular complexity index is 470. The van der Waals surface area contributed by atoms with Gasteiger partial charge in [-0.1, -0.05) is 18.2 Å². The molecule has 2 aliphatic rings. The maximum absolute atomic E-state index is 12.3. The van der Waals surface area contributed by atoms with Gasteiger partial charge in [-0.2, -0.15) is 0 Å². The number of amides is 1. The Balaban J connectivity index is 1.83. The maximum atomic E-state index is 12.3. The number of likely N-dealkylation sites (tertiary alicyclic amines) is 1. The summed E-state index contributed by atoms with van der Waals surface area (Å²) in [6, 6.07) is 6.10. The van der Waals surface area contributed by atoms with Gasteiger partial charge in [0.25, 0.3) is 5.91 Å². The summed E-state index contributed by atoms with van der Waals surface area (Å²) in [6.45, 7) is 1.84. The molecule has 2 nitrogen and oxygen atoms in total. The highest BCUT2D eigenvalue weighted by molar-refractivity contribution is 5.95. The molecule has 1 aliphatic carbocycles. The Kier molecular flexibility index (Phi) is 2.71. The Labute approximate surface area is 102 Å². The molecular weight excluding hydrogens is 210 g/mol. The first-order chi connectivity index (χ1) is 8.34. The summed E-state index contributed by atoms with van der Waals surface area (Å²) in [6.07, 6.45) is 8.83. The fourth-order valence-corrected chi connectivity index (χ4v) is 2.66. The van der Waals surface area contributed by atoms with Gasteiger partial charge in [0, 0.05) is 18.7 Å². The number of carbonyl (C=O) groups is 1. The fraction of sp³-hybridized carbons (Fsp3) is 0.400. The summed E-state index contributed by atoms with van der Waals surface area (Å²) in [5, 5.41) is 0. The highest BCUT2D eigenvalue weighted by atomic mass is 16.2. The lowest BCUT2D eigenvalue weighted by Gasteiger charge is -2.26. The van der Waals surface area contributed by atoms with Crippen molar-refractivity contribution < 1.29 is 4.79 Å². The molecule has 0 N–H and O–H groups in total. The van der Waals surface area contributed by atoms with Gasteiger partial charge < -0.3 is 4.90 Å². The van der Waals surface area contributed by atoms with E-state index in [2.05, 4.69) is 18.2 Å². The number of carbonyl (C=O) groups excluding carboxylic acids is 1. The second-order valence-corrected chi connectivity index (χ2v) is 4.87. The largest absolute Gasteiger partial charge is 0.339 e. The first kappa shape index (κ1) is 10.6. The summed E-state index contributed by atoms with van der Waals surface area (Å²) < 4.78 is 0. The maximum Gasteiger partial charge on any atom is 0.253 e. The van der Waals surface area contributed by atoms with Crippen LogP contribution in [0.4, 0.5) is 0 Å². The Morgan fingerprint density at radius 3 is 2.76 bits per heavy atom. The van der Waals surface area contributed by atoms with E-state index < -0.39 is 0 Å². The minimum atomic E-state index is 0.202. The fourth-order valence-electron chi connectivity index (χ4n) is 2.66. The van der Waals surface area contributed by atoms with Gasteiger partial charge in [-0.15, -0.1) is 0 Å². The van der Waals surface area contributed by atoms with Crippen molar-refractivity contribution in [1.29, 1.82) is 0 Å². The number of hydrogen-bond donors (Lipinski definition) is 0. The number of fused-ring (bicyclic) bond motifs is 1. The zero-order chi connectivity index (χ0) is 11.7. The van der Waals surface area contributed by atoms with Gasteiger partial charge in [0.15, 0.2) is 0 Å². The number of allylic oxidation sites excluding steroid dienone is 1. The van der Waals surface area contributed by atoms with Crippen LogP contribution >= 0.6 is 0 Å². The van der Waals surface area contributed by atoms with E-state index in [9.17, 15) is 4.79 Å². The second-order valence-electron chi connectivity index (χ2n) is 4.87. The van der Waals surface area contributed by atoms with E-state index in [1.165, 1.54) is 17.5 Å². The molecule has 1 aliphatic heterocycles. The van der Waals surface area contributed by atoms with E-state index in [4.69, 9.17) is 0 Å². The van der Waals surface area contributed by atoms with Gasteiger partial charge in [0.2, 0.25) is 0 Å². The van der Waals surface area contributed by atoms with Crippen LogP contribution in [-0.2, 0) is 6.42 Å². The Hall–Kier alpha value is -1.57. The van der Waals surface area contributed by atoms with Crippen LogP contribution in [0.5, 0.6) is 0 Å². The molecule has 88 valence electrons. The molecule has 1 saturated heterocycles. The molecule has 1 aromatic carbocycles.